The van der Waals surface area contributed by atoms with Crippen LogP contribution in [0.15, 0.2) is 40.9 Å². The summed E-state index contributed by atoms with van der Waals surface area (Å²) >= 11 is 3.33. The average molecular weight is 325 g/mol. The summed E-state index contributed by atoms with van der Waals surface area (Å²) in [7, 11) is 0. The Balaban J connectivity index is 2.23. The van der Waals surface area contributed by atoms with Gasteiger partial charge in [0.2, 0.25) is 0 Å². The zero-order chi connectivity index (χ0) is 14.0. The number of carbonyl (C=O) groups excluding carboxylic acids is 1. The van der Waals surface area contributed by atoms with E-state index < -0.39 is 11.6 Å². The minimum atomic E-state index is -0.937. The van der Waals surface area contributed by atoms with E-state index in [1.54, 1.807) is 6.07 Å². The van der Waals surface area contributed by atoms with E-state index in [1.807, 2.05) is 19.1 Å². The van der Waals surface area contributed by atoms with Crippen LogP contribution in [0.1, 0.15) is 21.5 Å². The number of hydrogen-bond acceptors (Lipinski definition) is 1. The fraction of sp³-hybridized carbons (Fsp3) is 0.133. The number of benzene rings is 2. The Labute approximate surface area is 118 Å². The Morgan fingerprint density at radius 2 is 1.84 bits per heavy atom. The fourth-order valence-electron chi connectivity index (χ4n) is 1.78. The summed E-state index contributed by atoms with van der Waals surface area (Å²) in [5.74, 6) is -1.99. The average Bonchev–Trinajstić information content (AvgIpc) is 2.33. The SMILES string of the molecule is Cc1ccc(C(=O)Cc2ccc(F)c(F)c2)c(Br)c1. The van der Waals surface area contributed by atoms with Crippen molar-refractivity contribution in [3.8, 4) is 0 Å². The van der Waals surface area contributed by atoms with Gasteiger partial charge in [-0.15, -0.1) is 0 Å². The Morgan fingerprint density at radius 1 is 1.11 bits per heavy atom. The van der Waals surface area contributed by atoms with Gasteiger partial charge in [-0.3, -0.25) is 4.79 Å². The summed E-state index contributed by atoms with van der Waals surface area (Å²) in [5, 5.41) is 0. The molecular formula is C15H11BrF2O. The van der Waals surface area contributed by atoms with E-state index >= 15 is 0 Å². The van der Waals surface area contributed by atoms with E-state index in [0.717, 1.165) is 17.7 Å². The van der Waals surface area contributed by atoms with E-state index in [0.29, 0.717) is 15.6 Å². The lowest BCUT2D eigenvalue weighted by Gasteiger charge is -2.05. The highest BCUT2D eigenvalue weighted by molar-refractivity contribution is 9.10. The fourth-order valence-corrected chi connectivity index (χ4v) is 2.49. The third-order valence-electron chi connectivity index (χ3n) is 2.77. The molecule has 0 fully saturated rings. The maximum atomic E-state index is 13.1. The van der Waals surface area contributed by atoms with Gasteiger partial charge < -0.3 is 0 Å². The van der Waals surface area contributed by atoms with Crippen LogP contribution in [0.5, 0.6) is 0 Å². The summed E-state index contributed by atoms with van der Waals surface area (Å²) in [6, 6.07) is 8.90. The van der Waals surface area contributed by atoms with Gasteiger partial charge in [0.1, 0.15) is 0 Å². The molecule has 4 heteroatoms. The lowest BCUT2D eigenvalue weighted by molar-refractivity contribution is 0.0992. The van der Waals surface area contributed by atoms with Gasteiger partial charge in [-0.25, -0.2) is 8.78 Å². The molecule has 19 heavy (non-hydrogen) atoms. The molecular weight excluding hydrogens is 314 g/mol. The molecule has 2 aromatic carbocycles. The predicted octanol–water partition coefficient (Wildman–Crippen LogP) is 4.46. The first-order valence-electron chi connectivity index (χ1n) is 5.70. The zero-order valence-electron chi connectivity index (χ0n) is 10.2. The number of ketones is 1. The van der Waals surface area contributed by atoms with Crippen molar-refractivity contribution in [3.05, 3.63) is 69.2 Å². The van der Waals surface area contributed by atoms with Crippen LogP contribution in [0, 0.1) is 18.6 Å². The second-order valence-electron chi connectivity index (χ2n) is 4.33. The molecule has 0 heterocycles. The molecule has 0 bridgehead atoms. The molecule has 2 aromatic rings. The first-order chi connectivity index (χ1) is 8.97. The summed E-state index contributed by atoms with van der Waals surface area (Å²) in [5.41, 5.74) is 2.03. The van der Waals surface area contributed by atoms with Crippen LogP contribution in [0.25, 0.3) is 0 Å². The molecule has 0 aliphatic heterocycles. The van der Waals surface area contributed by atoms with Gasteiger partial charge in [0.25, 0.3) is 0 Å². The van der Waals surface area contributed by atoms with Gasteiger partial charge in [0.15, 0.2) is 17.4 Å². The topological polar surface area (TPSA) is 17.1 Å². The van der Waals surface area contributed by atoms with E-state index in [2.05, 4.69) is 15.9 Å². The summed E-state index contributed by atoms with van der Waals surface area (Å²) < 4.78 is 26.6. The van der Waals surface area contributed by atoms with Gasteiger partial charge in [-0.05, 0) is 42.3 Å². The normalized spacial score (nSPS) is 10.5. The van der Waals surface area contributed by atoms with E-state index in [4.69, 9.17) is 0 Å². The van der Waals surface area contributed by atoms with Crippen LogP contribution < -0.4 is 0 Å². The molecule has 0 atom stereocenters. The first kappa shape index (κ1) is 13.9. The third-order valence-corrected chi connectivity index (χ3v) is 3.43. The van der Waals surface area contributed by atoms with E-state index in [9.17, 15) is 13.6 Å². The maximum Gasteiger partial charge on any atom is 0.168 e. The number of hydrogen-bond donors (Lipinski definition) is 0. The van der Waals surface area contributed by atoms with Crippen molar-refractivity contribution in [2.45, 2.75) is 13.3 Å². The van der Waals surface area contributed by atoms with Crippen LogP contribution in [-0.4, -0.2) is 5.78 Å². The van der Waals surface area contributed by atoms with Crippen molar-refractivity contribution in [2.75, 3.05) is 0 Å². The standard InChI is InChI=1S/C15H11BrF2O/c1-9-2-4-11(12(16)6-9)15(19)8-10-3-5-13(17)14(18)7-10/h2-7H,8H2,1H3. The Kier molecular flexibility index (Phi) is 4.10. The van der Waals surface area contributed by atoms with Crippen molar-refractivity contribution in [3.63, 3.8) is 0 Å². The highest BCUT2D eigenvalue weighted by Gasteiger charge is 2.12. The number of rotatable bonds is 3. The van der Waals surface area contributed by atoms with Crippen LogP contribution in [0.3, 0.4) is 0 Å². The van der Waals surface area contributed by atoms with Crippen molar-refractivity contribution in [1.29, 1.82) is 0 Å². The highest BCUT2D eigenvalue weighted by Crippen LogP contribution is 2.20. The molecule has 0 spiro atoms. The van der Waals surface area contributed by atoms with Crippen molar-refractivity contribution >= 4 is 21.7 Å². The van der Waals surface area contributed by atoms with Crippen molar-refractivity contribution in [2.24, 2.45) is 0 Å². The van der Waals surface area contributed by atoms with Gasteiger partial charge in [-0.2, -0.15) is 0 Å². The molecule has 0 saturated carbocycles. The molecule has 0 N–H and O–H groups in total. The Hall–Kier alpha value is -1.55. The molecule has 0 aromatic heterocycles. The molecule has 2 rings (SSSR count). The van der Waals surface area contributed by atoms with E-state index in [-0.39, 0.29) is 12.2 Å². The largest absolute Gasteiger partial charge is 0.294 e. The van der Waals surface area contributed by atoms with Gasteiger partial charge in [-0.1, -0.05) is 28.1 Å². The first-order valence-corrected chi connectivity index (χ1v) is 6.50. The summed E-state index contributed by atoms with van der Waals surface area (Å²) in [4.78, 5) is 12.1. The summed E-state index contributed by atoms with van der Waals surface area (Å²) in [6.45, 7) is 1.92. The third kappa shape index (κ3) is 3.26. The zero-order valence-corrected chi connectivity index (χ0v) is 11.8. The highest BCUT2D eigenvalue weighted by atomic mass is 79.9. The second kappa shape index (κ2) is 5.61. The predicted molar refractivity (Wildman–Crippen MR) is 73.3 cm³/mol. The minimum Gasteiger partial charge on any atom is -0.294 e. The number of aryl methyl sites for hydroxylation is 1. The number of Topliss-reactive ketones (excluding diaryl/α,β-unsaturated/α-hetero) is 1. The van der Waals surface area contributed by atoms with Crippen LogP contribution >= 0.6 is 15.9 Å². The lowest BCUT2D eigenvalue weighted by Crippen LogP contribution is -2.05. The van der Waals surface area contributed by atoms with Crippen LogP contribution in [0.4, 0.5) is 8.78 Å². The molecule has 0 aliphatic rings. The van der Waals surface area contributed by atoms with Gasteiger partial charge >= 0.3 is 0 Å². The van der Waals surface area contributed by atoms with Crippen LogP contribution in [0.2, 0.25) is 0 Å². The second-order valence-corrected chi connectivity index (χ2v) is 5.19. The summed E-state index contributed by atoms with van der Waals surface area (Å²) in [6.07, 6.45) is 0.0405. The molecule has 98 valence electrons. The Bertz CT molecular complexity index is 638. The minimum absolute atomic E-state index is 0.0405. The molecule has 0 radical (unpaired) electrons. The maximum absolute atomic E-state index is 13.1. The number of halogens is 3. The monoisotopic (exact) mass is 324 g/mol. The molecule has 0 unspecified atom stereocenters. The van der Waals surface area contributed by atoms with Gasteiger partial charge in [0, 0.05) is 16.5 Å². The quantitative estimate of drug-likeness (QED) is 0.762. The molecule has 0 aliphatic carbocycles. The lowest BCUT2D eigenvalue weighted by atomic mass is 10.0. The molecule has 0 amide bonds. The van der Waals surface area contributed by atoms with Crippen molar-refractivity contribution in [1.82, 2.24) is 0 Å². The Morgan fingerprint density at radius 3 is 2.47 bits per heavy atom. The smallest absolute Gasteiger partial charge is 0.168 e. The van der Waals surface area contributed by atoms with Gasteiger partial charge in [0.05, 0.1) is 0 Å². The van der Waals surface area contributed by atoms with Crippen LogP contribution in [-0.2, 0) is 6.42 Å². The molecule has 0 saturated heterocycles. The van der Waals surface area contributed by atoms with Crippen molar-refractivity contribution < 1.29 is 13.6 Å². The number of carbonyl (C=O) groups is 1. The van der Waals surface area contributed by atoms with E-state index in [1.165, 1.54) is 6.07 Å². The molecule has 1 nitrogen and oxygen atoms in total.